The second-order valence-corrected chi connectivity index (χ2v) is 14.1. The van der Waals surface area contributed by atoms with E-state index in [0.29, 0.717) is 0 Å². The van der Waals surface area contributed by atoms with Gasteiger partial charge in [0.25, 0.3) is 0 Å². The van der Waals surface area contributed by atoms with Crippen molar-refractivity contribution in [3.8, 4) is 0 Å². The lowest BCUT2D eigenvalue weighted by Gasteiger charge is -2.09. The van der Waals surface area contributed by atoms with Gasteiger partial charge in [-0.05, 0) is 48.9 Å². The number of thiazole rings is 2. The number of nitrogens with zero attached hydrogens (tertiary/aromatic N) is 2. The number of nitrogens with one attached hydrogen (secondary N) is 2. The summed E-state index contributed by atoms with van der Waals surface area (Å²) >= 11 is 5.85. The van der Waals surface area contributed by atoms with Crippen LogP contribution in [0, 0.1) is 0 Å². The van der Waals surface area contributed by atoms with Gasteiger partial charge in [0.2, 0.25) is 20.0 Å². The Morgan fingerprint density at radius 2 is 1.16 bits per heavy atom. The Morgan fingerprint density at radius 3 is 1.53 bits per heavy atom. The van der Waals surface area contributed by atoms with Crippen LogP contribution in [0.25, 0.3) is 20.4 Å². The lowest BCUT2D eigenvalue weighted by Crippen LogP contribution is -2.34. The predicted octanol–water partition coefficient (Wildman–Crippen LogP) is 3.61. The monoisotopic (exact) mass is 546 g/mol. The number of aromatic nitrogens is 2. The van der Waals surface area contributed by atoms with Crippen molar-refractivity contribution >= 4 is 86.7 Å². The minimum Gasteiger partial charge on any atom is -0.230 e. The number of benzene rings is 2. The first-order valence-electron chi connectivity index (χ1n) is 9.10. The van der Waals surface area contributed by atoms with Crippen LogP contribution < -0.4 is 9.44 Å². The first kappa shape index (κ1) is 23.9. The van der Waals surface area contributed by atoms with Crippen molar-refractivity contribution in [2.45, 2.75) is 18.5 Å². The van der Waals surface area contributed by atoms with Gasteiger partial charge >= 0.3 is 0 Å². The molecule has 0 aliphatic rings. The van der Waals surface area contributed by atoms with Gasteiger partial charge in [-0.2, -0.15) is 0 Å². The van der Waals surface area contributed by atoms with Gasteiger partial charge in [0.05, 0.1) is 30.2 Å². The minimum atomic E-state index is -3.78. The van der Waals surface area contributed by atoms with Crippen molar-refractivity contribution in [3.63, 3.8) is 0 Å². The molecular weight excluding hydrogens is 529 g/mol. The van der Waals surface area contributed by atoms with E-state index in [4.69, 9.17) is 0 Å². The molecule has 8 nitrogen and oxygen atoms in total. The Bertz CT molecular complexity index is 1380. The van der Waals surface area contributed by atoms with E-state index in [1.807, 2.05) is 12.5 Å². The van der Waals surface area contributed by atoms with Gasteiger partial charge in [0.15, 0.2) is 8.68 Å². The number of sulfonamides is 2. The summed E-state index contributed by atoms with van der Waals surface area (Å²) in [6.45, 7) is -0.171. The van der Waals surface area contributed by atoms with E-state index in [-0.39, 0.29) is 22.9 Å². The first-order chi connectivity index (χ1) is 15.2. The summed E-state index contributed by atoms with van der Waals surface area (Å²) in [5, 5.41) is 0. The van der Waals surface area contributed by atoms with E-state index in [9.17, 15) is 16.8 Å². The number of thioether (sulfide) groups is 2. The number of hydrogen-bond acceptors (Lipinski definition) is 10. The molecule has 0 unspecified atom stereocenters. The molecule has 4 aromatic rings. The normalized spacial score (nSPS) is 12.7. The highest BCUT2D eigenvalue weighted by molar-refractivity contribution is 8.00. The summed E-state index contributed by atoms with van der Waals surface area (Å²) < 4.78 is 58.6. The molecule has 0 aliphatic heterocycles. The maximum Gasteiger partial charge on any atom is 0.240 e. The zero-order valence-corrected chi connectivity index (χ0v) is 21.8. The van der Waals surface area contributed by atoms with Gasteiger partial charge < -0.3 is 0 Å². The van der Waals surface area contributed by atoms with E-state index in [2.05, 4.69) is 19.4 Å². The zero-order valence-electron chi connectivity index (χ0n) is 16.9. The van der Waals surface area contributed by atoms with Crippen LogP contribution in [0.5, 0.6) is 0 Å². The van der Waals surface area contributed by atoms with Crippen LogP contribution in [-0.2, 0) is 20.0 Å². The maximum absolute atomic E-state index is 12.6. The molecule has 0 amide bonds. The van der Waals surface area contributed by atoms with E-state index in [1.54, 1.807) is 24.3 Å². The summed E-state index contributed by atoms with van der Waals surface area (Å²) in [5.41, 5.74) is 1.49. The van der Waals surface area contributed by atoms with Crippen LogP contribution in [0.15, 0.2) is 54.9 Å². The SMILES string of the molecule is CSc1nc2ccc(S(=O)(=O)NCCNS(=O)(=O)c3ccc4nc(SC)sc4c3)cc2s1. The molecule has 2 aromatic carbocycles. The molecule has 4 rings (SSSR count). The average Bonchev–Trinajstić information content (AvgIpc) is 3.38. The average molecular weight is 547 g/mol. The van der Waals surface area contributed by atoms with Gasteiger partial charge in [0, 0.05) is 13.1 Å². The Hall–Kier alpha value is -1.26. The standard InChI is InChI=1S/C18H18N4O4S6/c1-27-17-21-13-5-3-11(9-15(13)29-17)31(23,24)19-7-8-20-32(25,26)12-4-6-14-16(10-12)30-18(22-14)28-2/h3-6,9-10,19-20H,7-8H2,1-2H3. The molecule has 0 spiro atoms. The highest BCUT2D eigenvalue weighted by atomic mass is 32.2. The Labute approximate surface area is 202 Å². The quantitative estimate of drug-likeness (QED) is 0.241. The van der Waals surface area contributed by atoms with Crippen LogP contribution in [0.2, 0.25) is 0 Å². The first-order valence-corrected chi connectivity index (χ1v) is 16.2. The van der Waals surface area contributed by atoms with Gasteiger partial charge in [0.1, 0.15) is 0 Å². The Kier molecular flexibility index (Phi) is 7.12. The molecule has 170 valence electrons. The number of hydrogen-bond donors (Lipinski definition) is 2. The smallest absolute Gasteiger partial charge is 0.230 e. The van der Waals surface area contributed by atoms with E-state index < -0.39 is 20.0 Å². The summed E-state index contributed by atoms with van der Waals surface area (Å²) in [6, 6.07) is 9.47. The Morgan fingerprint density at radius 1 is 0.750 bits per heavy atom. The summed E-state index contributed by atoms with van der Waals surface area (Å²) in [7, 11) is -7.56. The third-order valence-corrected chi connectivity index (χ3v) is 11.3. The fraction of sp³-hybridized carbons (Fsp3) is 0.222. The fourth-order valence-corrected chi connectivity index (χ4v) is 8.14. The molecule has 0 saturated heterocycles. The summed E-state index contributed by atoms with van der Waals surface area (Å²) in [6.07, 6.45) is 3.82. The predicted molar refractivity (Wildman–Crippen MR) is 133 cm³/mol. The second-order valence-electron chi connectivity index (χ2n) is 6.42. The van der Waals surface area contributed by atoms with Crippen LogP contribution in [-0.4, -0.2) is 52.4 Å². The fourth-order valence-electron chi connectivity index (χ4n) is 2.81. The van der Waals surface area contributed by atoms with Crippen LogP contribution >= 0.6 is 46.2 Å². The van der Waals surface area contributed by atoms with Crippen molar-refractivity contribution in [2.24, 2.45) is 0 Å². The molecule has 32 heavy (non-hydrogen) atoms. The van der Waals surface area contributed by atoms with Crippen molar-refractivity contribution in [3.05, 3.63) is 36.4 Å². The zero-order chi connectivity index (χ0) is 22.9. The largest absolute Gasteiger partial charge is 0.240 e. The van der Waals surface area contributed by atoms with Gasteiger partial charge in [-0.3, -0.25) is 0 Å². The highest BCUT2D eigenvalue weighted by Crippen LogP contribution is 2.30. The molecule has 0 fully saturated rings. The van der Waals surface area contributed by atoms with Crippen molar-refractivity contribution in [2.75, 3.05) is 25.6 Å². The van der Waals surface area contributed by atoms with Crippen molar-refractivity contribution < 1.29 is 16.8 Å². The van der Waals surface area contributed by atoms with Crippen LogP contribution in [0.3, 0.4) is 0 Å². The van der Waals surface area contributed by atoms with Crippen LogP contribution in [0.4, 0.5) is 0 Å². The molecule has 2 heterocycles. The van der Waals surface area contributed by atoms with E-state index in [0.717, 1.165) is 29.1 Å². The lowest BCUT2D eigenvalue weighted by molar-refractivity contribution is 0.571. The molecule has 0 radical (unpaired) electrons. The van der Waals surface area contributed by atoms with Crippen molar-refractivity contribution in [1.29, 1.82) is 0 Å². The third-order valence-electron chi connectivity index (χ3n) is 4.36. The molecule has 0 atom stereocenters. The molecule has 0 aliphatic carbocycles. The highest BCUT2D eigenvalue weighted by Gasteiger charge is 2.18. The summed E-state index contributed by atoms with van der Waals surface area (Å²) in [5.74, 6) is 0. The number of fused-ring (bicyclic) bond motifs is 2. The molecule has 0 bridgehead atoms. The van der Waals surface area contributed by atoms with Gasteiger partial charge in [-0.15, -0.1) is 22.7 Å². The van der Waals surface area contributed by atoms with E-state index >= 15 is 0 Å². The summed E-state index contributed by atoms with van der Waals surface area (Å²) in [4.78, 5) is 9.02. The molecule has 2 aromatic heterocycles. The Balaban J connectivity index is 1.40. The number of rotatable bonds is 9. The second kappa shape index (κ2) is 9.54. The van der Waals surface area contributed by atoms with Crippen LogP contribution in [0.1, 0.15) is 0 Å². The molecule has 14 heteroatoms. The minimum absolute atomic E-state index is 0.0855. The van der Waals surface area contributed by atoms with Crippen molar-refractivity contribution in [1.82, 2.24) is 19.4 Å². The van der Waals surface area contributed by atoms with Gasteiger partial charge in [-0.1, -0.05) is 23.5 Å². The molecule has 0 saturated carbocycles. The topological polar surface area (TPSA) is 118 Å². The lowest BCUT2D eigenvalue weighted by atomic mass is 10.3. The third kappa shape index (κ3) is 5.12. The molecular formula is C18H18N4O4S6. The maximum atomic E-state index is 12.6. The molecule has 2 N–H and O–H groups in total. The van der Waals surface area contributed by atoms with E-state index in [1.165, 1.54) is 58.3 Å². The van der Waals surface area contributed by atoms with Gasteiger partial charge in [-0.25, -0.2) is 36.2 Å².